The van der Waals surface area contributed by atoms with Gasteiger partial charge in [0.15, 0.2) is 0 Å². The highest BCUT2D eigenvalue weighted by molar-refractivity contribution is 5.95. The first-order valence-corrected chi connectivity index (χ1v) is 9.56. The average Bonchev–Trinajstić information content (AvgIpc) is 2.75. The summed E-state index contributed by atoms with van der Waals surface area (Å²) in [6, 6.07) is 10.1. The maximum atomic E-state index is 13.1. The predicted molar refractivity (Wildman–Crippen MR) is 109 cm³/mol. The summed E-state index contributed by atoms with van der Waals surface area (Å²) in [7, 11) is 0. The van der Waals surface area contributed by atoms with Crippen molar-refractivity contribution in [1.29, 1.82) is 0 Å². The van der Waals surface area contributed by atoms with E-state index >= 15 is 0 Å². The molecule has 2 aromatic rings. The van der Waals surface area contributed by atoms with Crippen molar-refractivity contribution in [2.45, 2.75) is 19.5 Å². The van der Waals surface area contributed by atoms with Crippen molar-refractivity contribution in [1.82, 2.24) is 16.0 Å². The largest absolute Gasteiger partial charge is 0.463 e. The minimum atomic E-state index is -0.921. The van der Waals surface area contributed by atoms with E-state index < -0.39 is 23.0 Å². The smallest absolute Gasteiger partial charge is 0.338 e. The molecule has 0 saturated carbocycles. The first-order chi connectivity index (χ1) is 14.9. The molecule has 0 bridgehead atoms. The van der Waals surface area contributed by atoms with E-state index in [1.165, 1.54) is 30.3 Å². The first-order valence-electron chi connectivity index (χ1n) is 9.56. The number of nitrogens with zero attached hydrogens (tertiary/aromatic N) is 1. The number of urea groups is 1. The van der Waals surface area contributed by atoms with Crippen molar-refractivity contribution >= 4 is 17.7 Å². The second-order valence-electron chi connectivity index (χ2n) is 6.73. The second-order valence-corrected chi connectivity index (χ2v) is 6.73. The molecule has 2 amide bonds. The van der Waals surface area contributed by atoms with Crippen molar-refractivity contribution in [2.24, 2.45) is 0 Å². The number of benzene rings is 2. The van der Waals surface area contributed by atoms with Crippen LogP contribution >= 0.6 is 0 Å². The molecule has 3 rings (SSSR count). The Balaban J connectivity index is 1.90. The van der Waals surface area contributed by atoms with Gasteiger partial charge in [-0.25, -0.2) is 14.0 Å². The van der Waals surface area contributed by atoms with Crippen LogP contribution in [0, 0.1) is 15.9 Å². The van der Waals surface area contributed by atoms with E-state index in [2.05, 4.69) is 16.0 Å². The summed E-state index contributed by atoms with van der Waals surface area (Å²) in [5, 5.41) is 19.5. The highest BCUT2D eigenvalue weighted by atomic mass is 19.1. The van der Waals surface area contributed by atoms with E-state index in [9.17, 15) is 24.1 Å². The number of amides is 2. The quantitative estimate of drug-likeness (QED) is 0.338. The molecule has 0 fully saturated rings. The highest BCUT2D eigenvalue weighted by Gasteiger charge is 2.34. The minimum Gasteiger partial charge on any atom is -0.463 e. The monoisotopic (exact) mass is 428 g/mol. The van der Waals surface area contributed by atoms with E-state index in [0.29, 0.717) is 17.8 Å². The van der Waals surface area contributed by atoms with Gasteiger partial charge in [-0.3, -0.25) is 10.1 Å². The van der Waals surface area contributed by atoms with Crippen LogP contribution < -0.4 is 16.0 Å². The van der Waals surface area contributed by atoms with Gasteiger partial charge in [0.2, 0.25) is 0 Å². The maximum Gasteiger partial charge on any atom is 0.338 e. The Bertz CT molecular complexity index is 1020. The number of nitro groups is 1. The standard InChI is InChI=1S/C21H21FN4O5/c1-2-31-20(27)18-17(12-23-11-13-6-8-15(22)9-7-13)24-21(28)25-19(18)14-4-3-5-16(10-14)26(29)30/h3-10,19,23H,2,11-12H2,1H3,(H2,24,25,28)/t19-/m0/s1. The number of carbonyl (C=O) groups is 2. The Hall–Kier alpha value is -3.79. The van der Waals surface area contributed by atoms with Crippen LogP contribution in [0.1, 0.15) is 24.1 Å². The predicted octanol–water partition coefficient (Wildman–Crippen LogP) is 2.69. The molecule has 162 valence electrons. The first kappa shape index (κ1) is 21.9. The van der Waals surface area contributed by atoms with Gasteiger partial charge in [0.25, 0.3) is 5.69 Å². The number of rotatable bonds is 8. The lowest BCUT2D eigenvalue weighted by molar-refractivity contribution is -0.384. The Morgan fingerprint density at radius 1 is 1.23 bits per heavy atom. The van der Waals surface area contributed by atoms with E-state index in [-0.39, 0.29) is 30.2 Å². The summed E-state index contributed by atoms with van der Waals surface area (Å²) < 4.78 is 18.2. The van der Waals surface area contributed by atoms with Gasteiger partial charge in [-0.2, -0.15) is 0 Å². The molecule has 0 aromatic heterocycles. The van der Waals surface area contributed by atoms with Crippen molar-refractivity contribution in [3.05, 3.63) is 86.9 Å². The van der Waals surface area contributed by atoms with Crippen molar-refractivity contribution in [3.63, 3.8) is 0 Å². The Kier molecular flexibility index (Phi) is 6.93. The SMILES string of the molecule is CCOC(=O)C1=C(CNCc2ccc(F)cc2)NC(=O)N[C@H]1c1cccc([N+](=O)[O-])c1. The summed E-state index contributed by atoms with van der Waals surface area (Å²) in [6.07, 6.45) is 0. The maximum absolute atomic E-state index is 13.1. The topological polar surface area (TPSA) is 123 Å². The Morgan fingerprint density at radius 3 is 2.65 bits per heavy atom. The number of ether oxygens (including phenoxy) is 1. The molecular weight excluding hydrogens is 407 g/mol. The van der Waals surface area contributed by atoms with Crippen LogP contribution in [-0.2, 0) is 16.1 Å². The van der Waals surface area contributed by atoms with Crippen molar-refractivity contribution < 1.29 is 23.6 Å². The molecule has 0 aliphatic carbocycles. The lowest BCUT2D eigenvalue weighted by Gasteiger charge is -2.29. The summed E-state index contributed by atoms with van der Waals surface area (Å²) in [5.74, 6) is -0.994. The highest BCUT2D eigenvalue weighted by Crippen LogP contribution is 2.29. The molecule has 31 heavy (non-hydrogen) atoms. The molecular formula is C21H21FN4O5. The van der Waals surface area contributed by atoms with Crippen LogP contribution in [-0.4, -0.2) is 30.1 Å². The molecule has 3 N–H and O–H groups in total. The van der Waals surface area contributed by atoms with Crippen LogP contribution in [0.25, 0.3) is 0 Å². The number of hydrogen-bond acceptors (Lipinski definition) is 6. The van der Waals surface area contributed by atoms with Crippen LogP contribution in [0.2, 0.25) is 0 Å². The molecule has 1 aliphatic heterocycles. The van der Waals surface area contributed by atoms with Gasteiger partial charge in [0.1, 0.15) is 5.82 Å². The summed E-state index contributed by atoms with van der Waals surface area (Å²) in [4.78, 5) is 35.6. The Labute approximate surface area is 177 Å². The fourth-order valence-corrected chi connectivity index (χ4v) is 3.21. The van der Waals surface area contributed by atoms with Crippen molar-refractivity contribution in [2.75, 3.05) is 13.2 Å². The number of esters is 1. The molecule has 2 aromatic carbocycles. The molecule has 1 aliphatic rings. The molecule has 0 spiro atoms. The van der Waals surface area contributed by atoms with Gasteiger partial charge in [-0.05, 0) is 30.2 Å². The normalized spacial score (nSPS) is 15.8. The average molecular weight is 428 g/mol. The van der Waals surface area contributed by atoms with E-state index in [1.807, 2.05) is 0 Å². The van der Waals surface area contributed by atoms with Gasteiger partial charge in [0, 0.05) is 30.9 Å². The third kappa shape index (κ3) is 5.43. The third-order valence-corrected chi connectivity index (χ3v) is 4.61. The van der Waals surface area contributed by atoms with Gasteiger partial charge in [-0.15, -0.1) is 0 Å². The minimum absolute atomic E-state index is 0.115. The summed E-state index contributed by atoms with van der Waals surface area (Å²) >= 11 is 0. The molecule has 9 nitrogen and oxygen atoms in total. The molecule has 0 saturated heterocycles. The number of carbonyl (C=O) groups excluding carboxylic acids is 2. The zero-order valence-corrected chi connectivity index (χ0v) is 16.7. The van der Waals surface area contributed by atoms with Crippen LogP contribution in [0.15, 0.2) is 59.8 Å². The number of non-ortho nitro benzene ring substituents is 1. The van der Waals surface area contributed by atoms with E-state index in [0.717, 1.165) is 5.56 Å². The number of hydrogen-bond donors (Lipinski definition) is 3. The van der Waals surface area contributed by atoms with Crippen LogP contribution in [0.3, 0.4) is 0 Å². The number of nitro benzene ring substituents is 1. The van der Waals surface area contributed by atoms with Gasteiger partial charge in [0.05, 0.1) is 23.1 Å². The van der Waals surface area contributed by atoms with E-state index in [4.69, 9.17) is 4.74 Å². The zero-order chi connectivity index (χ0) is 22.4. The van der Waals surface area contributed by atoms with Crippen LogP contribution in [0.5, 0.6) is 0 Å². The Morgan fingerprint density at radius 2 is 1.97 bits per heavy atom. The van der Waals surface area contributed by atoms with E-state index in [1.54, 1.807) is 25.1 Å². The zero-order valence-electron chi connectivity index (χ0n) is 16.7. The lowest BCUT2D eigenvalue weighted by Crippen LogP contribution is -2.48. The summed E-state index contributed by atoms with van der Waals surface area (Å²) in [6.45, 7) is 2.26. The molecule has 0 radical (unpaired) electrons. The molecule has 1 heterocycles. The summed E-state index contributed by atoms with van der Waals surface area (Å²) in [5.41, 5.74) is 1.47. The fourth-order valence-electron chi connectivity index (χ4n) is 3.21. The lowest BCUT2D eigenvalue weighted by atomic mass is 9.94. The molecule has 0 unspecified atom stereocenters. The molecule has 1 atom stereocenters. The second kappa shape index (κ2) is 9.81. The third-order valence-electron chi connectivity index (χ3n) is 4.61. The molecule has 10 heteroatoms. The van der Waals surface area contributed by atoms with Crippen LogP contribution in [0.4, 0.5) is 14.9 Å². The van der Waals surface area contributed by atoms with Gasteiger partial charge < -0.3 is 20.7 Å². The van der Waals surface area contributed by atoms with Gasteiger partial charge in [-0.1, -0.05) is 24.3 Å². The van der Waals surface area contributed by atoms with Gasteiger partial charge >= 0.3 is 12.0 Å². The fraction of sp³-hybridized carbons (Fsp3) is 0.238. The van der Waals surface area contributed by atoms with Crippen molar-refractivity contribution in [3.8, 4) is 0 Å². The number of nitrogens with one attached hydrogen (secondary N) is 3. The number of halogens is 1.